The quantitative estimate of drug-likeness (QED) is 0.916. The number of aliphatic hydroxyl groups is 1. The summed E-state index contributed by atoms with van der Waals surface area (Å²) in [6.45, 7) is 6.37. The van der Waals surface area contributed by atoms with Gasteiger partial charge in [-0.05, 0) is 28.5 Å². The van der Waals surface area contributed by atoms with E-state index in [0.717, 1.165) is 15.6 Å². The molecule has 1 aliphatic heterocycles. The Bertz CT molecular complexity index is 759. The van der Waals surface area contributed by atoms with E-state index in [1.165, 1.54) is 0 Å². The van der Waals surface area contributed by atoms with E-state index in [1.807, 2.05) is 18.2 Å². The van der Waals surface area contributed by atoms with E-state index in [0.29, 0.717) is 17.0 Å². The lowest BCUT2D eigenvalue weighted by molar-refractivity contribution is 0.145. The number of fused-ring (bicyclic) bond motifs is 3. The van der Waals surface area contributed by atoms with Crippen LogP contribution in [0.1, 0.15) is 27.0 Å². The van der Waals surface area contributed by atoms with Gasteiger partial charge in [0.05, 0.1) is 14.2 Å². The number of hydrogen-bond donors (Lipinski definition) is 1. The number of allylic oxidation sites excluding steroid dienone is 1. The van der Waals surface area contributed by atoms with Crippen LogP contribution in [0, 0.1) is 5.41 Å². The first-order chi connectivity index (χ1) is 10.4. The molecule has 0 spiro atoms. The molecule has 0 saturated carbocycles. The number of imidazole rings is 1. The molecule has 1 aliphatic rings. The fourth-order valence-corrected chi connectivity index (χ4v) is 3.65. The van der Waals surface area contributed by atoms with Gasteiger partial charge in [-0.25, -0.2) is 4.98 Å². The highest BCUT2D eigenvalue weighted by atomic mass is 32.2. The first kappa shape index (κ1) is 15.2. The molecular formula is C16H20N2O3S. The maximum Gasteiger partial charge on any atom is 0.176 e. The van der Waals surface area contributed by atoms with Crippen molar-refractivity contribution in [2.24, 2.45) is 5.41 Å². The summed E-state index contributed by atoms with van der Waals surface area (Å²) in [6, 6.07) is 3.66. The number of hydrogen-bond acceptors (Lipinski definition) is 5. The maximum absolute atomic E-state index is 10.6. The molecule has 5 nitrogen and oxygen atoms in total. The molecule has 6 heteroatoms. The van der Waals surface area contributed by atoms with Crippen molar-refractivity contribution in [3.63, 3.8) is 0 Å². The molecule has 3 rings (SSSR count). The Kier molecular flexibility index (Phi) is 3.61. The van der Waals surface area contributed by atoms with Crippen LogP contribution in [0.4, 0.5) is 0 Å². The number of benzene rings is 1. The Morgan fingerprint density at radius 3 is 2.41 bits per heavy atom. The molecule has 2 aromatic rings. The van der Waals surface area contributed by atoms with Crippen LogP contribution in [0.15, 0.2) is 28.3 Å². The molecule has 0 saturated heterocycles. The third-order valence-electron chi connectivity index (χ3n) is 3.68. The third-order valence-corrected chi connectivity index (χ3v) is 5.12. The summed E-state index contributed by atoms with van der Waals surface area (Å²) in [6.07, 6.45) is 1.11. The highest BCUT2D eigenvalue weighted by molar-refractivity contribution is 8.03. The van der Waals surface area contributed by atoms with Gasteiger partial charge < -0.3 is 14.6 Å². The Balaban J connectivity index is 2.25. The van der Waals surface area contributed by atoms with E-state index in [4.69, 9.17) is 9.47 Å². The molecule has 0 fully saturated rings. The number of aliphatic hydroxyl groups excluding tert-OH is 1. The minimum absolute atomic E-state index is 0.0385. The predicted molar refractivity (Wildman–Crippen MR) is 87.5 cm³/mol. The monoisotopic (exact) mass is 320 g/mol. The second-order valence-electron chi connectivity index (χ2n) is 6.23. The number of rotatable bonds is 2. The molecule has 1 aromatic carbocycles. The SMILES string of the molecule is COc1ccc(OC)c2c1nc1n2[C@@H](O)C=C(C(C)(C)C)S1. The average molecular weight is 320 g/mol. The Morgan fingerprint density at radius 1 is 1.18 bits per heavy atom. The standard InChI is InChI=1S/C16H20N2O3S/c1-16(2,3)11-8-12(19)18-14-10(21-5)7-6-9(20-4)13(14)17-15(18)22-11/h6-8,12,19H,1-5H3/t12-/m0/s1. The molecular weight excluding hydrogens is 300 g/mol. The molecule has 0 unspecified atom stereocenters. The summed E-state index contributed by atoms with van der Waals surface area (Å²) in [4.78, 5) is 5.76. The zero-order valence-electron chi connectivity index (χ0n) is 13.4. The number of aromatic nitrogens is 2. The lowest BCUT2D eigenvalue weighted by Gasteiger charge is -2.28. The Hall–Kier alpha value is -1.66. The topological polar surface area (TPSA) is 56.5 Å². The predicted octanol–water partition coefficient (Wildman–Crippen LogP) is 3.58. The summed E-state index contributed by atoms with van der Waals surface area (Å²) >= 11 is 1.57. The third kappa shape index (κ3) is 2.27. The van der Waals surface area contributed by atoms with Gasteiger partial charge in [0.15, 0.2) is 11.4 Å². The minimum atomic E-state index is -0.767. The van der Waals surface area contributed by atoms with Crippen molar-refractivity contribution in [1.82, 2.24) is 9.55 Å². The van der Waals surface area contributed by atoms with E-state index in [9.17, 15) is 5.11 Å². The number of nitrogens with zero attached hydrogens (tertiary/aromatic N) is 2. The van der Waals surface area contributed by atoms with E-state index in [2.05, 4.69) is 25.8 Å². The van der Waals surface area contributed by atoms with Crippen LogP contribution in [0.25, 0.3) is 11.0 Å². The number of ether oxygens (including phenoxy) is 2. The molecule has 1 N–H and O–H groups in total. The first-order valence-corrected chi connectivity index (χ1v) is 7.89. The van der Waals surface area contributed by atoms with Gasteiger partial charge in [-0.2, -0.15) is 0 Å². The van der Waals surface area contributed by atoms with Crippen molar-refractivity contribution in [1.29, 1.82) is 0 Å². The summed E-state index contributed by atoms with van der Waals surface area (Å²) < 4.78 is 12.6. The van der Waals surface area contributed by atoms with Gasteiger partial charge in [0, 0.05) is 0 Å². The van der Waals surface area contributed by atoms with E-state index in [-0.39, 0.29) is 5.41 Å². The highest BCUT2D eigenvalue weighted by Gasteiger charge is 2.30. The van der Waals surface area contributed by atoms with Crippen molar-refractivity contribution < 1.29 is 14.6 Å². The van der Waals surface area contributed by atoms with Gasteiger partial charge in [0.2, 0.25) is 0 Å². The number of thioether (sulfide) groups is 1. The first-order valence-electron chi connectivity index (χ1n) is 7.08. The van der Waals surface area contributed by atoms with Crippen molar-refractivity contribution in [3.8, 4) is 11.5 Å². The molecule has 118 valence electrons. The van der Waals surface area contributed by atoms with Gasteiger partial charge >= 0.3 is 0 Å². The minimum Gasteiger partial charge on any atom is -0.494 e. The molecule has 0 bridgehead atoms. The van der Waals surface area contributed by atoms with Crippen LogP contribution in [0.2, 0.25) is 0 Å². The molecule has 22 heavy (non-hydrogen) atoms. The summed E-state index contributed by atoms with van der Waals surface area (Å²) in [5.74, 6) is 1.34. The van der Waals surface area contributed by atoms with Gasteiger partial charge in [-0.1, -0.05) is 32.5 Å². The van der Waals surface area contributed by atoms with Crippen LogP contribution in [-0.2, 0) is 0 Å². The molecule has 2 heterocycles. The lowest BCUT2D eigenvalue weighted by Crippen LogP contribution is -2.17. The van der Waals surface area contributed by atoms with Crippen LogP contribution in [-0.4, -0.2) is 28.9 Å². The van der Waals surface area contributed by atoms with E-state index in [1.54, 1.807) is 30.5 Å². The fourth-order valence-electron chi connectivity index (χ4n) is 2.52. The second kappa shape index (κ2) is 5.21. The zero-order chi connectivity index (χ0) is 16.1. The van der Waals surface area contributed by atoms with Crippen LogP contribution >= 0.6 is 11.8 Å². The lowest BCUT2D eigenvalue weighted by atomic mass is 9.95. The van der Waals surface area contributed by atoms with Crippen molar-refractivity contribution in [2.45, 2.75) is 32.2 Å². The molecule has 0 aliphatic carbocycles. The fraction of sp³-hybridized carbons (Fsp3) is 0.438. The van der Waals surface area contributed by atoms with E-state index >= 15 is 0 Å². The summed E-state index contributed by atoms with van der Waals surface area (Å²) in [5, 5.41) is 11.4. The van der Waals surface area contributed by atoms with Gasteiger partial charge in [0.1, 0.15) is 22.5 Å². The van der Waals surface area contributed by atoms with Crippen LogP contribution < -0.4 is 9.47 Å². The maximum atomic E-state index is 10.6. The molecule has 0 radical (unpaired) electrons. The Labute approximate surface area is 133 Å². The van der Waals surface area contributed by atoms with Gasteiger partial charge in [-0.3, -0.25) is 4.57 Å². The van der Waals surface area contributed by atoms with Crippen molar-refractivity contribution in [3.05, 3.63) is 23.1 Å². The van der Waals surface area contributed by atoms with E-state index < -0.39 is 6.23 Å². The summed E-state index contributed by atoms with van der Waals surface area (Å²) in [5.41, 5.74) is 1.41. The summed E-state index contributed by atoms with van der Waals surface area (Å²) in [7, 11) is 3.22. The van der Waals surface area contributed by atoms with Gasteiger partial charge in [0.25, 0.3) is 0 Å². The zero-order valence-corrected chi connectivity index (χ0v) is 14.2. The largest absolute Gasteiger partial charge is 0.494 e. The van der Waals surface area contributed by atoms with Crippen LogP contribution in [0.3, 0.4) is 0 Å². The molecule has 1 aromatic heterocycles. The average Bonchev–Trinajstić information content (AvgIpc) is 2.85. The van der Waals surface area contributed by atoms with Crippen molar-refractivity contribution in [2.75, 3.05) is 14.2 Å². The Morgan fingerprint density at radius 2 is 1.82 bits per heavy atom. The second-order valence-corrected chi connectivity index (χ2v) is 7.24. The number of methoxy groups -OCH3 is 2. The normalized spacial score (nSPS) is 18.1. The molecule has 1 atom stereocenters. The smallest absolute Gasteiger partial charge is 0.176 e. The van der Waals surface area contributed by atoms with Crippen molar-refractivity contribution >= 4 is 22.8 Å². The van der Waals surface area contributed by atoms with Gasteiger partial charge in [-0.15, -0.1) is 0 Å². The van der Waals surface area contributed by atoms with Crippen LogP contribution in [0.5, 0.6) is 11.5 Å². The highest BCUT2D eigenvalue weighted by Crippen LogP contribution is 2.47. The molecule has 0 amide bonds.